The van der Waals surface area contributed by atoms with Gasteiger partial charge in [-0.1, -0.05) is 96.8 Å². The number of carbonyl (C=O) groups excluding carboxylic acids is 2. The second kappa shape index (κ2) is 12.5. The van der Waals surface area contributed by atoms with Crippen LogP contribution in [0.4, 0.5) is 5.13 Å². The number of aromatic nitrogens is 2. The summed E-state index contributed by atoms with van der Waals surface area (Å²) < 4.78 is 11.4. The number of carbonyl (C=O) groups is 2. The van der Waals surface area contributed by atoms with Gasteiger partial charge in [0.2, 0.25) is 5.13 Å². The van der Waals surface area contributed by atoms with E-state index in [0.29, 0.717) is 32.7 Å². The predicted octanol–water partition coefficient (Wildman–Crippen LogP) is 7.19. The molecule has 0 unspecified atom stereocenters. The van der Waals surface area contributed by atoms with E-state index in [1.807, 2.05) is 42.5 Å². The van der Waals surface area contributed by atoms with Crippen LogP contribution in [0.15, 0.2) is 94.8 Å². The van der Waals surface area contributed by atoms with Crippen molar-refractivity contribution < 1.29 is 24.2 Å². The normalized spacial score (nSPS) is 16.1. The number of methoxy groups -OCH3 is 2. The van der Waals surface area contributed by atoms with Gasteiger partial charge in [-0.3, -0.25) is 14.5 Å². The van der Waals surface area contributed by atoms with Gasteiger partial charge in [0.05, 0.1) is 25.8 Å². The van der Waals surface area contributed by atoms with Crippen molar-refractivity contribution >= 4 is 56.5 Å². The van der Waals surface area contributed by atoms with E-state index >= 15 is 0 Å². The van der Waals surface area contributed by atoms with Crippen LogP contribution in [-0.4, -0.2) is 41.2 Å². The molecule has 0 spiro atoms. The average molecular weight is 624 g/mol. The Balaban J connectivity index is 1.38. The number of anilines is 1. The number of hydrogen-bond acceptors (Lipinski definition) is 9. The van der Waals surface area contributed by atoms with Gasteiger partial charge in [-0.25, -0.2) is 0 Å². The number of aliphatic hydroxyl groups excluding tert-OH is 1. The van der Waals surface area contributed by atoms with E-state index in [0.717, 1.165) is 22.9 Å². The largest absolute Gasteiger partial charge is 0.507 e. The first-order valence-corrected chi connectivity index (χ1v) is 15.8. The number of rotatable bonds is 9. The van der Waals surface area contributed by atoms with E-state index in [1.165, 1.54) is 47.6 Å². The van der Waals surface area contributed by atoms with Crippen molar-refractivity contribution in [2.45, 2.75) is 29.5 Å². The van der Waals surface area contributed by atoms with Crippen molar-refractivity contribution in [1.29, 1.82) is 0 Å². The van der Waals surface area contributed by atoms with Crippen LogP contribution >= 0.6 is 23.1 Å². The number of hydrogen-bond donors (Lipinski definition) is 1. The van der Waals surface area contributed by atoms with Crippen LogP contribution in [0, 0.1) is 0 Å². The number of benzene rings is 4. The molecule has 0 radical (unpaired) electrons. The van der Waals surface area contributed by atoms with Gasteiger partial charge in [-0.2, -0.15) is 0 Å². The van der Waals surface area contributed by atoms with E-state index < -0.39 is 17.7 Å². The topological polar surface area (TPSA) is 102 Å². The Morgan fingerprint density at radius 1 is 0.932 bits per heavy atom. The number of Topliss-reactive ketones (excluding diaryl/α,β-unsaturated/α-hetero) is 1. The van der Waals surface area contributed by atoms with Gasteiger partial charge in [0.15, 0.2) is 15.8 Å². The molecule has 44 heavy (non-hydrogen) atoms. The Kier molecular flexibility index (Phi) is 8.36. The Bertz CT molecular complexity index is 1900. The first-order chi connectivity index (χ1) is 21.4. The number of aliphatic hydroxyl groups is 1. The fourth-order valence-corrected chi connectivity index (χ4v) is 7.21. The minimum atomic E-state index is -0.905. The van der Waals surface area contributed by atoms with Gasteiger partial charge in [-0.05, 0) is 52.1 Å². The lowest BCUT2D eigenvalue weighted by molar-refractivity contribution is -0.132. The number of ether oxygens (including phenoxy) is 2. The molecule has 1 atom stereocenters. The van der Waals surface area contributed by atoms with Crippen LogP contribution < -0.4 is 14.4 Å². The second-order valence-electron chi connectivity index (χ2n) is 10.1. The highest BCUT2D eigenvalue weighted by Gasteiger charge is 2.48. The second-order valence-corrected chi connectivity index (χ2v) is 12.3. The van der Waals surface area contributed by atoms with Gasteiger partial charge in [0, 0.05) is 11.3 Å². The molecular weight excluding hydrogens is 595 g/mol. The molecule has 1 aliphatic heterocycles. The van der Waals surface area contributed by atoms with Crippen LogP contribution in [0.1, 0.15) is 35.2 Å². The standard InChI is InChI=1S/C34H29N3O5S2/c1-4-20-12-14-22(15-13-20)29-28(30(38)23-16-17-26(41-2)27(18-23)42-3)31(39)32(40)37(29)33-35-36-34(44-33)43-19-24-10-7-9-21-8-5-6-11-25(21)24/h5-18,29,38H,4,19H2,1-3H3/t29-/m0/s1. The third kappa shape index (κ3) is 5.42. The smallest absolute Gasteiger partial charge is 0.301 e. The number of ketones is 1. The molecule has 6 rings (SSSR count). The monoisotopic (exact) mass is 623 g/mol. The summed E-state index contributed by atoms with van der Waals surface area (Å²) in [6.07, 6.45) is 0.833. The molecule has 1 N–H and O–H groups in total. The maximum Gasteiger partial charge on any atom is 0.301 e. The van der Waals surface area contributed by atoms with Crippen LogP contribution in [-0.2, 0) is 21.8 Å². The molecule has 5 aromatic rings. The number of thioether (sulfide) groups is 1. The van der Waals surface area contributed by atoms with Crippen molar-refractivity contribution in [2.24, 2.45) is 0 Å². The molecule has 0 saturated carbocycles. The van der Waals surface area contributed by atoms with Gasteiger partial charge in [0.1, 0.15) is 5.76 Å². The van der Waals surface area contributed by atoms with E-state index in [2.05, 4.69) is 41.4 Å². The molecule has 4 aromatic carbocycles. The maximum absolute atomic E-state index is 13.6. The molecule has 1 amide bonds. The molecule has 1 aromatic heterocycles. The molecule has 1 fully saturated rings. The zero-order chi connectivity index (χ0) is 30.8. The Hall–Kier alpha value is -4.67. The Morgan fingerprint density at radius 3 is 2.43 bits per heavy atom. The third-order valence-corrected chi connectivity index (χ3v) is 9.74. The number of amides is 1. The number of fused-ring (bicyclic) bond motifs is 1. The van der Waals surface area contributed by atoms with E-state index in [9.17, 15) is 14.7 Å². The van der Waals surface area contributed by atoms with Crippen molar-refractivity contribution in [2.75, 3.05) is 19.1 Å². The summed E-state index contributed by atoms with van der Waals surface area (Å²) in [6.45, 7) is 2.05. The molecule has 0 aliphatic carbocycles. The fraction of sp³-hybridized carbons (Fsp3) is 0.176. The zero-order valence-corrected chi connectivity index (χ0v) is 25.9. The highest BCUT2D eigenvalue weighted by Crippen LogP contribution is 2.45. The summed E-state index contributed by atoms with van der Waals surface area (Å²) in [5.74, 6) is -0.382. The van der Waals surface area contributed by atoms with Gasteiger partial charge >= 0.3 is 5.91 Å². The lowest BCUT2D eigenvalue weighted by Crippen LogP contribution is -2.29. The molecule has 1 aliphatic rings. The predicted molar refractivity (Wildman–Crippen MR) is 174 cm³/mol. The van der Waals surface area contributed by atoms with Crippen LogP contribution in [0.2, 0.25) is 0 Å². The van der Waals surface area contributed by atoms with Crippen LogP contribution in [0.25, 0.3) is 16.5 Å². The van der Waals surface area contributed by atoms with Gasteiger partial charge in [-0.15, -0.1) is 10.2 Å². The Labute approximate surface area is 263 Å². The quantitative estimate of drug-likeness (QED) is 0.0605. The summed E-state index contributed by atoms with van der Waals surface area (Å²) in [6, 6.07) is 26.0. The minimum Gasteiger partial charge on any atom is -0.507 e. The van der Waals surface area contributed by atoms with Crippen molar-refractivity contribution in [3.63, 3.8) is 0 Å². The van der Waals surface area contributed by atoms with Crippen molar-refractivity contribution in [3.05, 3.63) is 113 Å². The van der Waals surface area contributed by atoms with Crippen LogP contribution in [0.3, 0.4) is 0 Å². The molecule has 8 nitrogen and oxygen atoms in total. The fourth-order valence-electron chi connectivity index (χ4n) is 5.34. The molecular formula is C34H29N3O5S2. The third-order valence-electron chi connectivity index (χ3n) is 7.64. The highest BCUT2D eigenvalue weighted by molar-refractivity contribution is 8.00. The summed E-state index contributed by atoms with van der Waals surface area (Å²) >= 11 is 2.76. The number of aryl methyl sites for hydroxylation is 1. The molecule has 222 valence electrons. The van der Waals surface area contributed by atoms with Crippen molar-refractivity contribution in [1.82, 2.24) is 10.2 Å². The summed E-state index contributed by atoms with van der Waals surface area (Å²) in [7, 11) is 3.00. The lowest BCUT2D eigenvalue weighted by Gasteiger charge is -2.22. The first kappa shape index (κ1) is 29.4. The van der Waals surface area contributed by atoms with Gasteiger partial charge in [0.25, 0.3) is 5.78 Å². The number of nitrogens with zero attached hydrogens (tertiary/aromatic N) is 3. The van der Waals surface area contributed by atoms with Crippen molar-refractivity contribution in [3.8, 4) is 11.5 Å². The van der Waals surface area contributed by atoms with E-state index in [1.54, 1.807) is 18.2 Å². The maximum atomic E-state index is 13.6. The highest BCUT2D eigenvalue weighted by atomic mass is 32.2. The minimum absolute atomic E-state index is 0.0355. The van der Waals surface area contributed by atoms with E-state index in [4.69, 9.17) is 9.47 Å². The summed E-state index contributed by atoms with van der Waals surface area (Å²) in [4.78, 5) is 28.6. The molecule has 0 bridgehead atoms. The first-order valence-electron chi connectivity index (χ1n) is 14.0. The molecule has 2 heterocycles. The summed E-state index contributed by atoms with van der Waals surface area (Å²) in [5.41, 5.74) is 3.22. The zero-order valence-electron chi connectivity index (χ0n) is 24.3. The molecule has 10 heteroatoms. The van der Waals surface area contributed by atoms with E-state index in [-0.39, 0.29) is 16.5 Å². The molecule has 1 saturated heterocycles. The van der Waals surface area contributed by atoms with Crippen LogP contribution in [0.5, 0.6) is 11.5 Å². The lowest BCUT2D eigenvalue weighted by atomic mass is 9.94. The Morgan fingerprint density at radius 2 is 1.68 bits per heavy atom. The van der Waals surface area contributed by atoms with Gasteiger partial charge < -0.3 is 14.6 Å². The summed E-state index contributed by atoms with van der Waals surface area (Å²) in [5, 5.41) is 22.9. The SMILES string of the molecule is CCc1ccc([C@H]2C(=C(O)c3ccc(OC)c(OC)c3)C(=O)C(=O)N2c2nnc(SCc3cccc4ccccc34)s2)cc1. The average Bonchev–Trinajstić information content (AvgIpc) is 3.64.